The minimum Gasteiger partial charge on any atom is -0.494 e. The van der Waals surface area contributed by atoms with Gasteiger partial charge in [0.2, 0.25) is 0 Å². The van der Waals surface area contributed by atoms with Crippen molar-refractivity contribution in [3.05, 3.63) is 29.6 Å². The number of rotatable bonds is 5. The Morgan fingerprint density at radius 2 is 2.33 bits per heavy atom. The summed E-state index contributed by atoms with van der Waals surface area (Å²) >= 11 is 0. The summed E-state index contributed by atoms with van der Waals surface area (Å²) in [4.78, 5) is 0. The fraction of sp³-hybridized carbons (Fsp3) is 0.333. The third kappa shape index (κ3) is 3.61. The Morgan fingerprint density at radius 3 is 2.93 bits per heavy atom. The van der Waals surface area contributed by atoms with E-state index < -0.39 is 0 Å². The van der Waals surface area contributed by atoms with Crippen LogP contribution in [0.1, 0.15) is 12.0 Å². The lowest BCUT2D eigenvalue weighted by atomic mass is 10.2. The number of hydrogen-bond acceptors (Lipinski definition) is 2. The SMILES string of the molecule is C#CCCNCc1ccc(OC)c(F)c1. The van der Waals surface area contributed by atoms with Gasteiger partial charge < -0.3 is 10.1 Å². The van der Waals surface area contributed by atoms with Gasteiger partial charge in [-0.15, -0.1) is 12.3 Å². The highest BCUT2D eigenvalue weighted by Gasteiger charge is 2.02. The molecule has 0 aromatic heterocycles. The highest BCUT2D eigenvalue weighted by Crippen LogP contribution is 2.17. The molecular formula is C12H14FNO. The summed E-state index contributed by atoms with van der Waals surface area (Å²) in [7, 11) is 1.45. The molecule has 0 heterocycles. The molecule has 0 saturated carbocycles. The average molecular weight is 207 g/mol. The zero-order chi connectivity index (χ0) is 11.1. The van der Waals surface area contributed by atoms with E-state index in [9.17, 15) is 4.39 Å². The first-order chi connectivity index (χ1) is 7.27. The fourth-order valence-electron chi connectivity index (χ4n) is 1.21. The van der Waals surface area contributed by atoms with Crippen LogP contribution in [-0.2, 0) is 6.54 Å². The molecule has 0 atom stereocenters. The predicted octanol–water partition coefficient (Wildman–Crippen LogP) is 1.95. The van der Waals surface area contributed by atoms with Crippen molar-refractivity contribution in [1.29, 1.82) is 0 Å². The van der Waals surface area contributed by atoms with Crippen LogP contribution in [0.15, 0.2) is 18.2 Å². The average Bonchev–Trinajstić information content (AvgIpc) is 2.25. The van der Waals surface area contributed by atoms with Crippen molar-refractivity contribution in [2.45, 2.75) is 13.0 Å². The molecule has 0 aliphatic carbocycles. The molecule has 0 spiro atoms. The lowest BCUT2D eigenvalue weighted by Gasteiger charge is -2.05. The third-order valence-corrected chi connectivity index (χ3v) is 1.99. The highest BCUT2D eigenvalue weighted by atomic mass is 19.1. The molecule has 0 saturated heterocycles. The van der Waals surface area contributed by atoms with E-state index in [1.54, 1.807) is 6.07 Å². The summed E-state index contributed by atoms with van der Waals surface area (Å²) in [6.45, 7) is 1.35. The molecule has 0 aliphatic heterocycles. The van der Waals surface area contributed by atoms with Gasteiger partial charge in [0.15, 0.2) is 11.6 Å². The fourth-order valence-corrected chi connectivity index (χ4v) is 1.21. The van der Waals surface area contributed by atoms with Crippen LogP contribution in [0.4, 0.5) is 4.39 Å². The normalized spacial score (nSPS) is 9.67. The minimum atomic E-state index is -0.339. The van der Waals surface area contributed by atoms with E-state index >= 15 is 0 Å². The molecule has 15 heavy (non-hydrogen) atoms. The van der Waals surface area contributed by atoms with Crippen LogP contribution >= 0.6 is 0 Å². The van der Waals surface area contributed by atoms with E-state index in [1.807, 2.05) is 6.07 Å². The topological polar surface area (TPSA) is 21.3 Å². The molecular weight excluding hydrogens is 193 g/mol. The first-order valence-corrected chi connectivity index (χ1v) is 4.74. The van der Waals surface area contributed by atoms with Crippen molar-refractivity contribution in [1.82, 2.24) is 5.32 Å². The minimum absolute atomic E-state index is 0.266. The van der Waals surface area contributed by atoms with E-state index in [0.717, 1.165) is 12.1 Å². The lowest BCUT2D eigenvalue weighted by molar-refractivity contribution is 0.386. The van der Waals surface area contributed by atoms with Crippen molar-refractivity contribution in [2.75, 3.05) is 13.7 Å². The summed E-state index contributed by atoms with van der Waals surface area (Å²) in [5, 5.41) is 3.12. The Labute approximate surface area is 89.4 Å². The molecule has 1 aromatic rings. The Hall–Kier alpha value is -1.53. The molecule has 1 aromatic carbocycles. The van der Waals surface area contributed by atoms with Crippen LogP contribution in [-0.4, -0.2) is 13.7 Å². The summed E-state index contributed by atoms with van der Waals surface area (Å²) in [6, 6.07) is 4.90. The van der Waals surface area contributed by atoms with E-state index in [1.165, 1.54) is 13.2 Å². The van der Waals surface area contributed by atoms with Crippen molar-refractivity contribution in [3.8, 4) is 18.1 Å². The van der Waals surface area contributed by atoms with Gasteiger partial charge in [-0.2, -0.15) is 0 Å². The number of ether oxygens (including phenoxy) is 1. The van der Waals surface area contributed by atoms with Crippen molar-refractivity contribution in [3.63, 3.8) is 0 Å². The van der Waals surface area contributed by atoms with Crippen molar-refractivity contribution < 1.29 is 9.13 Å². The number of nitrogens with one attached hydrogen (secondary N) is 1. The van der Waals surface area contributed by atoms with Crippen molar-refractivity contribution >= 4 is 0 Å². The van der Waals surface area contributed by atoms with Gasteiger partial charge in [0, 0.05) is 19.5 Å². The smallest absolute Gasteiger partial charge is 0.165 e. The van der Waals surface area contributed by atoms with Crippen LogP contribution in [0.5, 0.6) is 5.75 Å². The van der Waals surface area contributed by atoms with Gasteiger partial charge in [-0.1, -0.05) is 6.07 Å². The summed E-state index contributed by atoms with van der Waals surface area (Å²) in [5.74, 6) is 2.45. The maximum absolute atomic E-state index is 13.2. The second-order valence-corrected chi connectivity index (χ2v) is 3.10. The molecule has 0 unspecified atom stereocenters. The maximum Gasteiger partial charge on any atom is 0.165 e. The molecule has 0 bridgehead atoms. The Bertz CT molecular complexity index is 357. The van der Waals surface area contributed by atoms with Gasteiger partial charge in [-0.3, -0.25) is 0 Å². The second-order valence-electron chi connectivity index (χ2n) is 3.10. The zero-order valence-electron chi connectivity index (χ0n) is 8.72. The number of terminal acetylenes is 1. The largest absolute Gasteiger partial charge is 0.494 e. The standard InChI is InChI=1S/C12H14FNO/c1-3-4-7-14-9-10-5-6-12(15-2)11(13)8-10/h1,5-6,8,14H,4,7,9H2,2H3. The van der Waals surface area contributed by atoms with Crippen LogP contribution < -0.4 is 10.1 Å². The Balaban J connectivity index is 2.49. The van der Waals surface area contributed by atoms with Crippen molar-refractivity contribution in [2.24, 2.45) is 0 Å². The van der Waals surface area contributed by atoms with E-state index in [4.69, 9.17) is 11.2 Å². The summed E-state index contributed by atoms with van der Waals surface area (Å²) < 4.78 is 18.1. The first kappa shape index (κ1) is 11.5. The highest BCUT2D eigenvalue weighted by molar-refractivity contribution is 5.29. The number of halogens is 1. The molecule has 0 fully saturated rings. The van der Waals surface area contributed by atoms with Gasteiger partial charge in [-0.05, 0) is 17.7 Å². The van der Waals surface area contributed by atoms with E-state index in [-0.39, 0.29) is 11.6 Å². The molecule has 2 nitrogen and oxygen atoms in total. The summed E-state index contributed by atoms with van der Waals surface area (Å²) in [6.07, 6.45) is 5.78. The molecule has 1 N–H and O–H groups in total. The van der Waals surface area contributed by atoms with Crippen LogP contribution in [0.25, 0.3) is 0 Å². The predicted molar refractivity (Wildman–Crippen MR) is 58.1 cm³/mol. The van der Waals surface area contributed by atoms with Gasteiger partial charge in [0.1, 0.15) is 0 Å². The molecule has 0 amide bonds. The molecule has 3 heteroatoms. The second kappa shape index (κ2) is 6.05. The number of benzene rings is 1. The van der Waals surface area contributed by atoms with E-state index in [2.05, 4.69) is 11.2 Å². The van der Waals surface area contributed by atoms with Crippen LogP contribution in [0.3, 0.4) is 0 Å². The van der Waals surface area contributed by atoms with E-state index in [0.29, 0.717) is 13.0 Å². The summed E-state index contributed by atoms with van der Waals surface area (Å²) in [5.41, 5.74) is 0.880. The lowest BCUT2D eigenvalue weighted by Crippen LogP contribution is -2.14. The van der Waals surface area contributed by atoms with Crippen LogP contribution in [0.2, 0.25) is 0 Å². The van der Waals surface area contributed by atoms with Crippen LogP contribution in [0, 0.1) is 18.2 Å². The number of hydrogen-bond donors (Lipinski definition) is 1. The molecule has 1 rings (SSSR count). The Morgan fingerprint density at radius 1 is 1.53 bits per heavy atom. The molecule has 0 radical (unpaired) electrons. The Kier molecular flexibility index (Phi) is 4.65. The van der Waals surface area contributed by atoms with Gasteiger partial charge in [0.05, 0.1) is 7.11 Å². The molecule has 0 aliphatic rings. The maximum atomic E-state index is 13.2. The quantitative estimate of drug-likeness (QED) is 0.588. The van der Waals surface area contributed by atoms with Gasteiger partial charge >= 0.3 is 0 Å². The number of methoxy groups -OCH3 is 1. The third-order valence-electron chi connectivity index (χ3n) is 1.99. The van der Waals surface area contributed by atoms with Gasteiger partial charge in [-0.25, -0.2) is 4.39 Å². The van der Waals surface area contributed by atoms with Gasteiger partial charge in [0.25, 0.3) is 0 Å². The monoisotopic (exact) mass is 207 g/mol. The molecule has 80 valence electrons. The zero-order valence-corrected chi connectivity index (χ0v) is 8.72. The first-order valence-electron chi connectivity index (χ1n) is 4.74.